The fourth-order valence-corrected chi connectivity index (χ4v) is 3.65. The third-order valence-electron chi connectivity index (χ3n) is 4.84. The number of amides is 3. The molecule has 3 heterocycles. The van der Waals surface area contributed by atoms with E-state index in [0.29, 0.717) is 23.3 Å². The minimum atomic E-state index is -0.218. The van der Waals surface area contributed by atoms with E-state index < -0.39 is 0 Å². The number of hydrazine groups is 1. The van der Waals surface area contributed by atoms with Crippen molar-refractivity contribution in [3.63, 3.8) is 0 Å². The molecule has 1 aromatic rings. The molecule has 0 aliphatic carbocycles. The number of likely N-dealkylation sites (tertiary alicyclic amines) is 1. The molecule has 0 saturated carbocycles. The van der Waals surface area contributed by atoms with E-state index in [1.165, 1.54) is 9.91 Å². The average Bonchev–Trinajstić information content (AvgIpc) is 2.55. The summed E-state index contributed by atoms with van der Waals surface area (Å²) in [7, 11) is 3.47. The van der Waals surface area contributed by atoms with Crippen LogP contribution in [0.1, 0.15) is 20.3 Å². The third kappa shape index (κ3) is 2.90. The fourth-order valence-electron chi connectivity index (χ4n) is 3.65. The summed E-state index contributed by atoms with van der Waals surface area (Å²) in [6, 6.07) is 3.40. The Kier molecular flexibility index (Phi) is 4.34. The normalized spacial score (nSPS) is 24.2. The van der Waals surface area contributed by atoms with E-state index in [0.717, 1.165) is 19.5 Å². The minimum Gasteiger partial charge on any atom is -0.341 e. The number of anilines is 2. The number of fused-ring (bicyclic) bond motifs is 1. The van der Waals surface area contributed by atoms with Gasteiger partial charge >= 0.3 is 6.03 Å². The van der Waals surface area contributed by atoms with Crippen molar-refractivity contribution in [2.24, 2.45) is 11.8 Å². The molecule has 0 bridgehead atoms. The summed E-state index contributed by atoms with van der Waals surface area (Å²) in [5.74, 6) is 1.66. The Morgan fingerprint density at radius 3 is 2.54 bits per heavy atom. The molecule has 1 saturated heterocycles. The standard InChI is InChI=1S/C17H25N5O2/c1-12-8-13(2)10-21(9-12)15(23)11-22-14-6-5-7-18-16(14)19(3)20(4)17(22)24/h5-7,12-13H,8-11H2,1-4H3/t12-,13+. The Morgan fingerprint density at radius 2 is 1.88 bits per heavy atom. The van der Waals surface area contributed by atoms with Gasteiger partial charge in [0.2, 0.25) is 5.91 Å². The molecular weight excluding hydrogens is 306 g/mol. The molecular formula is C17H25N5O2. The van der Waals surface area contributed by atoms with Crippen molar-refractivity contribution in [1.29, 1.82) is 0 Å². The minimum absolute atomic E-state index is 0.00509. The van der Waals surface area contributed by atoms with Crippen molar-refractivity contribution in [1.82, 2.24) is 14.9 Å². The number of nitrogens with zero attached hydrogens (tertiary/aromatic N) is 5. The number of urea groups is 1. The molecule has 0 radical (unpaired) electrons. The second-order valence-electron chi connectivity index (χ2n) is 7.01. The SMILES string of the molecule is C[C@@H]1C[C@H](C)CN(C(=O)CN2C(=O)N(C)N(C)c3ncccc32)C1. The van der Waals surface area contributed by atoms with Crippen LogP contribution in [-0.2, 0) is 4.79 Å². The molecule has 1 fully saturated rings. The maximum atomic E-state index is 12.8. The Morgan fingerprint density at radius 1 is 1.21 bits per heavy atom. The van der Waals surface area contributed by atoms with E-state index in [4.69, 9.17) is 0 Å². The van der Waals surface area contributed by atoms with Crippen molar-refractivity contribution in [2.75, 3.05) is 43.6 Å². The summed E-state index contributed by atoms with van der Waals surface area (Å²) in [6.45, 7) is 5.92. The number of rotatable bonds is 2. The van der Waals surface area contributed by atoms with Crippen LogP contribution in [0.5, 0.6) is 0 Å². The molecule has 0 spiro atoms. The summed E-state index contributed by atoms with van der Waals surface area (Å²) in [5.41, 5.74) is 0.676. The van der Waals surface area contributed by atoms with Gasteiger partial charge in [-0.25, -0.2) is 14.8 Å². The Bertz CT molecular complexity index is 640. The van der Waals surface area contributed by atoms with Gasteiger partial charge in [0.1, 0.15) is 6.54 Å². The first-order valence-electron chi connectivity index (χ1n) is 8.40. The molecule has 0 unspecified atom stereocenters. The first-order chi connectivity index (χ1) is 11.4. The quantitative estimate of drug-likeness (QED) is 0.829. The number of hydrogen-bond acceptors (Lipinski definition) is 4. The molecule has 7 nitrogen and oxygen atoms in total. The third-order valence-corrected chi connectivity index (χ3v) is 4.84. The average molecular weight is 331 g/mol. The smallest absolute Gasteiger partial charge is 0.341 e. The lowest BCUT2D eigenvalue weighted by molar-refractivity contribution is -0.132. The highest BCUT2D eigenvalue weighted by Crippen LogP contribution is 2.32. The Labute approximate surface area is 142 Å². The van der Waals surface area contributed by atoms with E-state index in [2.05, 4.69) is 18.8 Å². The largest absolute Gasteiger partial charge is 0.343 e. The lowest BCUT2D eigenvalue weighted by Gasteiger charge is -2.41. The number of carbonyl (C=O) groups excluding carboxylic acids is 2. The summed E-state index contributed by atoms with van der Waals surface area (Å²) >= 11 is 0. The fraction of sp³-hybridized carbons (Fsp3) is 0.588. The van der Waals surface area contributed by atoms with Gasteiger partial charge in [0.15, 0.2) is 5.82 Å². The number of carbonyl (C=O) groups is 2. The molecule has 24 heavy (non-hydrogen) atoms. The molecule has 0 N–H and O–H groups in total. The summed E-state index contributed by atoms with van der Waals surface area (Å²) in [5, 5.41) is 3.17. The molecule has 2 aliphatic heterocycles. The second kappa shape index (κ2) is 6.30. The molecule has 3 amide bonds. The predicted octanol–water partition coefficient (Wildman–Crippen LogP) is 1.81. The van der Waals surface area contributed by atoms with Gasteiger partial charge in [0, 0.05) is 33.4 Å². The number of piperidine rings is 1. The molecule has 130 valence electrons. The van der Waals surface area contributed by atoms with Gasteiger partial charge in [-0.2, -0.15) is 0 Å². The van der Waals surface area contributed by atoms with E-state index in [9.17, 15) is 9.59 Å². The lowest BCUT2D eigenvalue weighted by Crippen LogP contribution is -2.56. The summed E-state index contributed by atoms with van der Waals surface area (Å²) in [4.78, 5) is 33.2. The number of aromatic nitrogens is 1. The monoisotopic (exact) mass is 331 g/mol. The zero-order valence-corrected chi connectivity index (χ0v) is 14.8. The van der Waals surface area contributed by atoms with Crippen LogP contribution in [0.4, 0.5) is 16.3 Å². The summed E-state index contributed by atoms with van der Waals surface area (Å²) < 4.78 is 0. The van der Waals surface area contributed by atoms with Gasteiger partial charge in [0.25, 0.3) is 0 Å². The number of hydrogen-bond donors (Lipinski definition) is 0. The van der Waals surface area contributed by atoms with Crippen LogP contribution in [0, 0.1) is 11.8 Å². The van der Waals surface area contributed by atoms with Gasteiger partial charge in [-0.15, -0.1) is 0 Å². The highest BCUT2D eigenvalue weighted by atomic mass is 16.2. The molecule has 2 atom stereocenters. The van der Waals surface area contributed by atoms with Crippen molar-refractivity contribution < 1.29 is 9.59 Å². The molecule has 7 heteroatoms. The van der Waals surface area contributed by atoms with Gasteiger partial charge in [-0.05, 0) is 30.4 Å². The van der Waals surface area contributed by atoms with E-state index in [1.807, 2.05) is 11.0 Å². The topological polar surface area (TPSA) is 60.0 Å². The van der Waals surface area contributed by atoms with Crippen LogP contribution in [0.25, 0.3) is 0 Å². The summed E-state index contributed by atoms with van der Waals surface area (Å²) in [6.07, 6.45) is 2.83. The van der Waals surface area contributed by atoms with Crippen LogP contribution in [0.15, 0.2) is 18.3 Å². The van der Waals surface area contributed by atoms with Gasteiger partial charge < -0.3 is 4.90 Å². The van der Waals surface area contributed by atoms with Crippen molar-refractivity contribution in [3.05, 3.63) is 18.3 Å². The molecule has 3 rings (SSSR count). The number of pyridine rings is 1. The van der Waals surface area contributed by atoms with Crippen LogP contribution in [0.3, 0.4) is 0 Å². The van der Waals surface area contributed by atoms with Gasteiger partial charge in [-0.1, -0.05) is 13.8 Å². The van der Waals surface area contributed by atoms with E-state index in [1.54, 1.807) is 31.4 Å². The zero-order valence-electron chi connectivity index (χ0n) is 14.8. The molecule has 1 aromatic heterocycles. The van der Waals surface area contributed by atoms with Gasteiger partial charge in [-0.3, -0.25) is 14.7 Å². The lowest BCUT2D eigenvalue weighted by atomic mass is 9.92. The second-order valence-corrected chi connectivity index (χ2v) is 7.01. The van der Waals surface area contributed by atoms with Crippen LogP contribution >= 0.6 is 0 Å². The van der Waals surface area contributed by atoms with Gasteiger partial charge in [0.05, 0.1) is 5.69 Å². The van der Waals surface area contributed by atoms with Crippen LogP contribution in [0.2, 0.25) is 0 Å². The first kappa shape index (κ1) is 16.5. The highest BCUT2D eigenvalue weighted by Gasteiger charge is 2.35. The van der Waals surface area contributed by atoms with E-state index in [-0.39, 0.29) is 18.5 Å². The van der Waals surface area contributed by atoms with Crippen molar-refractivity contribution in [2.45, 2.75) is 20.3 Å². The Balaban J connectivity index is 1.82. The highest BCUT2D eigenvalue weighted by molar-refractivity contribution is 6.02. The van der Waals surface area contributed by atoms with E-state index >= 15 is 0 Å². The van der Waals surface area contributed by atoms with Crippen LogP contribution < -0.4 is 9.91 Å². The van der Waals surface area contributed by atoms with Crippen LogP contribution in [-0.4, -0.2) is 60.6 Å². The first-order valence-corrected chi connectivity index (χ1v) is 8.40. The maximum Gasteiger partial charge on any atom is 0.343 e. The molecule has 2 aliphatic rings. The predicted molar refractivity (Wildman–Crippen MR) is 92.7 cm³/mol. The molecule has 0 aromatic carbocycles. The zero-order chi connectivity index (χ0) is 17.4. The Hall–Kier alpha value is -2.31. The van der Waals surface area contributed by atoms with Crippen molar-refractivity contribution >= 4 is 23.4 Å². The maximum absolute atomic E-state index is 12.8. The van der Waals surface area contributed by atoms with Crippen molar-refractivity contribution in [3.8, 4) is 0 Å².